The Bertz CT molecular complexity index is 4390. The van der Waals surface area contributed by atoms with E-state index in [0.717, 1.165) is 0 Å². The van der Waals surface area contributed by atoms with Gasteiger partial charge in [-0.05, 0) is 102 Å². The summed E-state index contributed by atoms with van der Waals surface area (Å²) in [6, 6.07) is 10.2. The number of esters is 3. The average molecular weight is 1670 g/mol. The Balaban J connectivity index is 0.000000170. The molecule has 7 aliphatic rings. The summed E-state index contributed by atoms with van der Waals surface area (Å²) >= 11 is 10.2. The average Bonchev–Trinajstić information content (AvgIpc) is 1.08. The Morgan fingerprint density at radius 3 is 1.42 bits per heavy atom. The zero-order valence-electron chi connectivity index (χ0n) is 58.8. The molecule has 0 radical (unpaired) electrons. The smallest absolute Gasteiger partial charge is 0.338 e. The second-order valence-corrected chi connectivity index (χ2v) is 27.8. The molecule has 2 aromatic heterocycles. The Hall–Kier alpha value is -8.79. The van der Waals surface area contributed by atoms with Gasteiger partial charge in [0.1, 0.15) is 59.9 Å². The van der Waals surface area contributed by atoms with Gasteiger partial charge in [0, 0.05) is 95.6 Å². The summed E-state index contributed by atoms with van der Waals surface area (Å²) in [5, 5.41) is 47.3. The number of aliphatic hydroxyl groups is 1. The first-order valence-electron chi connectivity index (χ1n) is 33.8. The quantitative estimate of drug-likeness (QED) is 0.0380. The molecule has 7 aliphatic heterocycles. The molecule has 0 spiro atoms. The minimum Gasteiger partial charge on any atom is -0.481 e. The van der Waals surface area contributed by atoms with Crippen LogP contribution in [0.3, 0.4) is 0 Å². The van der Waals surface area contributed by atoms with E-state index in [-0.39, 0.29) is 69.7 Å². The van der Waals surface area contributed by atoms with Crippen LogP contribution in [0, 0.1) is 31.3 Å². The topological polar surface area (TPSA) is 370 Å². The molecule has 3 fully saturated rings. The summed E-state index contributed by atoms with van der Waals surface area (Å²) in [5.41, 5.74) is 3.13. The highest BCUT2D eigenvalue weighted by Crippen LogP contribution is 2.40. The van der Waals surface area contributed by atoms with Crippen LogP contribution in [0.5, 0.6) is 0 Å². The predicted molar refractivity (Wildman–Crippen MR) is 389 cm³/mol. The predicted octanol–water partition coefficient (Wildman–Crippen LogP) is 6.07. The van der Waals surface area contributed by atoms with E-state index in [2.05, 4.69) is 98.8 Å². The summed E-state index contributed by atoms with van der Waals surface area (Å²) in [5.74, 6) is -2.39. The molecule has 0 amide bonds. The van der Waals surface area contributed by atoms with Crippen molar-refractivity contribution in [2.24, 2.45) is 25.0 Å². The van der Waals surface area contributed by atoms with E-state index in [9.17, 15) is 52.5 Å². The molecule has 0 saturated carbocycles. The first-order valence-corrected chi connectivity index (χ1v) is 36.2. The third kappa shape index (κ3) is 20.3. The fourth-order valence-electron chi connectivity index (χ4n) is 12.2. The molecule has 12 rings (SSSR count). The Labute approximate surface area is 632 Å². The van der Waals surface area contributed by atoms with Gasteiger partial charge in [-0.3, -0.25) is 29.5 Å². The molecule has 9 heterocycles. The third-order valence-corrected chi connectivity index (χ3v) is 19.2. The molecule has 0 bridgehead atoms. The maximum atomic E-state index is 13.9. The van der Waals surface area contributed by atoms with E-state index < -0.39 is 83.2 Å². The second-order valence-electron chi connectivity index (χ2n) is 25.3. The van der Waals surface area contributed by atoms with Crippen LogP contribution in [0.25, 0.3) is 0 Å². The minimum absolute atomic E-state index is 0.121. The maximum absolute atomic E-state index is 13.9. The molecule has 31 nitrogen and oxygen atoms in total. The highest BCUT2D eigenvalue weighted by atomic mass is 79.9. The van der Waals surface area contributed by atoms with Gasteiger partial charge in [0.2, 0.25) is 11.9 Å². The number of benzene rings is 3. The van der Waals surface area contributed by atoms with Gasteiger partial charge >= 0.3 is 29.8 Å². The molecular weight excluding hydrogens is 1590 g/mol. The largest absolute Gasteiger partial charge is 0.481 e. The van der Waals surface area contributed by atoms with Gasteiger partial charge in [-0.25, -0.2) is 57.3 Å². The maximum Gasteiger partial charge on any atom is 0.338 e. The van der Waals surface area contributed by atoms with Gasteiger partial charge in [0.15, 0.2) is 17.8 Å². The van der Waals surface area contributed by atoms with Crippen LogP contribution in [0.4, 0.5) is 13.2 Å². The summed E-state index contributed by atoms with van der Waals surface area (Å²) in [7, 11) is 0. The standard InChI is InChI=1S/C24H29BrFN5O4.C23H26BrFN6O5.C22H24BrFN6O5/c1-4-34-23(32)19-17(12-31-9-10-35-18(13-31)24(2,3)33)29-22(21-27-7-8-28-21)30-20(19)15-6-5-14(26)11-16(15)25;1-3-35-22(34)20-18(11-30-6-7-36-15(10-30)9-19(32)33)27-23(31-12-26-13(2)29-31)28-21(20)16-5-4-14(25)8-17(16)24;1-3-34-21(33)18-16(9-29-6-7-35-17(10-29)20(31)32)26-22(30-11-25-12(2)28-30)27-19(18)14-5-4-13(24)8-15(14)23/h5-7,11,18,20,33H,4,8-10,12-13H2,1-3H3,(H,29,30);4-5,8,12,15,21H,3,6-7,9-11H2,1-2H3,(H,27,28)(H,32,33);4-5,8,11,17,19H,3,6-7,9-10H2,1-2H3,(H,26,27)(H,31,32)/t18-,20?;;/m0../s1. The normalized spacial score (nSPS) is 21.5. The molecule has 6 atom stereocenters. The van der Waals surface area contributed by atoms with Gasteiger partial charge in [-0.2, -0.15) is 9.36 Å². The monoisotopic (exact) mass is 1660 g/mol. The summed E-state index contributed by atoms with van der Waals surface area (Å²) in [4.78, 5) is 99.5. The van der Waals surface area contributed by atoms with Crippen LogP contribution in [-0.2, 0) is 52.4 Å². The number of rotatable bonds is 20. The van der Waals surface area contributed by atoms with E-state index >= 15 is 0 Å². The fraction of sp³-hybridized carbons (Fsp3) is 0.449. The van der Waals surface area contributed by atoms with Crippen molar-refractivity contribution in [1.82, 2.24) is 60.2 Å². The lowest BCUT2D eigenvalue weighted by Crippen LogP contribution is -2.53. The number of ether oxygens (including phenoxy) is 6. The number of carbonyl (C=O) groups is 5. The number of aliphatic imine (C=N–C) groups is 5. The van der Waals surface area contributed by atoms with Crippen molar-refractivity contribution in [1.29, 1.82) is 0 Å². The summed E-state index contributed by atoms with van der Waals surface area (Å²) < 4.78 is 78.7. The second kappa shape index (κ2) is 36.2. The lowest BCUT2D eigenvalue weighted by molar-refractivity contribution is -0.156. The number of hydrogen-bond acceptors (Lipinski definition) is 27. The molecule has 3 aromatic carbocycles. The molecule has 37 heteroatoms. The Morgan fingerprint density at radius 2 is 1.02 bits per heavy atom. The fourth-order valence-corrected chi connectivity index (χ4v) is 13.9. The number of amidine groups is 2. The molecule has 566 valence electrons. The number of carboxylic acid groups (broad SMARTS) is 2. The van der Waals surface area contributed by atoms with E-state index in [1.165, 1.54) is 58.4 Å². The number of aryl methyl sites for hydroxylation is 2. The molecule has 5 aromatic rings. The number of halogens is 6. The lowest BCUT2D eigenvalue weighted by atomic mass is 9.94. The number of aromatic nitrogens is 6. The Morgan fingerprint density at radius 1 is 0.594 bits per heavy atom. The van der Waals surface area contributed by atoms with Crippen molar-refractivity contribution in [3.8, 4) is 0 Å². The SMILES string of the molecule is CCOC(=O)C1=C(CN2CCOC(C(=O)O)C2)NC(n2cnc(C)n2)=NC1c1ccc(F)cc1Br.CCOC(=O)C1=C(CN2CCOC(CC(=O)O)C2)NC(n2cnc(C)n2)=NC1c1ccc(F)cc1Br.CCOC(=O)C1=C(CN2CCO[C@H](C(C)(C)O)C2)NC(C2=NCC=N2)=NC1c1ccc(F)cc1Br. The third-order valence-electron chi connectivity index (χ3n) is 17.1. The molecule has 0 aliphatic carbocycles. The Kier molecular flexibility index (Phi) is 27.2. The number of hydrogen-bond donors (Lipinski definition) is 6. The van der Waals surface area contributed by atoms with Crippen LogP contribution in [0.2, 0.25) is 0 Å². The number of nitrogens with one attached hydrogen (secondary N) is 3. The van der Waals surface area contributed by atoms with Crippen LogP contribution >= 0.6 is 47.8 Å². The van der Waals surface area contributed by atoms with Gasteiger partial charge in [-0.15, -0.1) is 10.2 Å². The number of carboxylic acids is 2. The van der Waals surface area contributed by atoms with Gasteiger partial charge in [0.05, 0.1) is 87.1 Å². The zero-order chi connectivity index (χ0) is 76.1. The highest BCUT2D eigenvalue weighted by molar-refractivity contribution is 9.11. The number of morpholine rings is 3. The molecule has 106 heavy (non-hydrogen) atoms. The van der Waals surface area contributed by atoms with E-state index in [1.807, 2.05) is 9.80 Å². The van der Waals surface area contributed by atoms with Crippen molar-refractivity contribution in [2.75, 3.05) is 105 Å². The first-order chi connectivity index (χ1) is 50.7. The lowest BCUT2D eigenvalue weighted by Gasteiger charge is -2.39. The van der Waals surface area contributed by atoms with E-state index in [4.69, 9.17) is 43.4 Å². The summed E-state index contributed by atoms with van der Waals surface area (Å²) in [6.07, 6.45) is 2.71. The van der Waals surface area contributed by atoms with Crippen molar-refractivity contribution >= 4 is 107 Å². The van der Waals surface area contributed by atoms with E-state index in [0.29, 0.717) is 147 Å². The molecule has 6 N–H and O–H groups in total. The van der Waals surface area contributed by atoms with Crippen molar-refractivity contribution in [3.63, 3.8) is 0 Å². The summed E-state index contributed by atoms with van der Waals surface area (Å²) in [6.45, 7) is 17.4. The number of aliphatic carboxylic acids is 2. The molecule has 5 unspecified atom stereocenters. The van der Waals surface area contributed by atoms with Crippen molar-refractivity contribution < 1.29 is 80.9 Å². The molecule has 3 saturated heterocycles. The van der Waals surface area contributed by atoms with E-state index in [1.54, 1.807) is 72.9 Å². The van der Waals surface area contributed by atoms with Crippen molar-refractivity contribution in [3.05, 3.63) is 160 Å². The zero-order valence-corrected chi connectivity index (χ0v) is 63.5. The van der Waals surface area contributed by atoms with Crippen LogP contribution < -0.4 is 16.0 Å². The first kappa shape index (κ1) is 79.8. The van der Waals surface area contributed by atoms with Crippen LogP contribution in [0.1, 0.15) is 87.5 Å². The minimum atomic E-state index is -1.06. The highest BCUT2D eigenvalue weighted by Gasteiger charge is 2.41. The van der Waals surface area contributed by atoms with Crippen molar-refractivity contribution in [2.45, 2.75) is 96.9 Å². The van der Waals surface area contributed by atoms with Gasteiger partial charge in [0.25, 0.3) is 0 Å². The van der Waals surface area contributed by atoms with Gasteiger partial charge in [-0.1, -0.05) is 66.0 Å². The number of carbonyl (C=O) groups excluding carboxylic acids is 3. The number of nitrogens with zero attached hydrogens (tertiary/aromatic N) is 14. The molecular formula is C69H79Br3F3N17O14. The van der Waals surface area contributed by atoms with Gasteiger partial charge < -0.3 is 59.7 Å². The van der Waals surface area contributed by atoms with Crippen LogP contribution in [-0.4, -0.2) is 248 Å². The van der Waals surface area contributed by atoms with Crippen LogP contribution in [0.15, 0.2) is 139 Å².